The molecule has 0 bridgehead atoms. The fraction of sp³-hybridized carbons (Fsp3) is 0.455. The standard InChI is InChI=1S/C11H17N3O2S/c1-7(2)10(12)11(16)13-5-9(15)14-8-3-4-17-6-8/h3-4,6-7,10H,5,12H2,1-2H3,(H,13,16)(H,14,15)/t10-/m0/s1. The zero-order valence-corrected chi connectivity index (χ0v) is 10.7. The molecule has 0 aliphatic rings. The Morgan fingerprint density at radius 3 is 2.71 bits per heavy atom. The number of carbonyl (C=O) groups is 2. The molecule has 2 amide bonds. The van der Waals surface area contributed by atoms with Crippen LogP contribution in [0.1, 0.15) is 13.8 Å². The molecule has 0 aliphatic heterocycles. The van der Waals surface area contributed by atoms with Gasteiger partial charge in [-0.1, -0.05) is 13.8 Å². The number of amides is 2. The van der Waals surface area contributed by atoms with Gasteiger partial charge in [-0.15, -0.1) is 0 Å². The number of hydrogen-bond acceptors (Lipinski definition) is 4. The minimum absolute atomic E-state index is 0.0509. The van der Waals surface area contributed by atoms with E-state index < -0.39 is 6.04 Å². The SMILES string of the molecule is CC(C)[C@H](N)C(=O)NCC(=O)Nc1ccsc1. The molecule has 0 saturated carbocycles. The van der Waals surface area contributed by atoms with Gasteiger partial charge in [0.1, 0.15) is 0 Å². The molecule has 17 heavy (non-hydrogen) atoms. The molecule has 1 heterocycles. The van der Waals surface area contributed by atoms with Gasteiger partial charge < -0.3 is 16.4 Å². The Bertz CT molecular complexity index is 376. The monoisotopic (exact) mass is 255 g/mol. The third-order valence-electron chi connectivity index (χ3n) is 2.25. The summed E-state index contributed by atoms with van der Waals surface area (Å²) in [4.78, 5) is 22.9. The van der Waals surface area contributed by atoms with Gasteiger partial charge >= 0.3 is 0 Å². The Morgan fingerprint density at radius 2 is 2.18 bits per heavy atom. The molecule has 1 aromatic heterocycles. The number of carbonyl (C=O) groups excluding carboxylic acids is 2. The molecule has 0 unspecified atom stereocenters. The minimum atomic E-state index is -0.580. The van der Waals surface area contributed by atoms with Gasteiger partial charge in [0.05, 0.1) is 18.3 Å². The van der Waals surface area contributed by atoms with Crippen molar-refractivity contribution in [1.29, 1.82) is 0 Å². The van der Waals surface area contributed by atoms with Crippen molar-refractivity contribution in [2.24, 2.45) is 11.7 Å². The van der Waals surface area contributed by atoms with Crippen molar-refractivity contribution in [2.75, 3.05) is 11.9 Å². The van der Waals surface area contributed by atoms with E-state index in [1.54, 1.807) is 6.07 Å². The predicted octanol–water partition coefficient (Wildman–Crippen LogP) is 0.786. The lowest BCUT2D eigenvalue weighted by Gasteiger charge is -2.14. The second-order valence-electron chi connectivity index (χ2n) is 4.05. The van der Waals surface area contributed by atoms with Crippen LogP contribution in [0.25, 0.3) is 0 Å². The second-order valence-corrected chi connectivity index (χ2v) is 4.83. The molecular formula is C11H17N3O2S. The fourth-order valence-corrected chi connectivity index (χ4v) is 1.72. The summed E-state index contributed by atoms with van der Waals surface area (Å²) in [6.07, 6.45) is 0. The van der Waals surface area contributed by atoms with Crippen LogP contribution in [0.3, 0.4) is 0 Å². The van der Waals surface area contributed by atoms with Crippen molar-refractivity contribution in [1.82, 2.24) is 5.32 Å². The van der Waals surface area contributed by atoms with Crippen LogP contribution in [0.2, 0.25) is 0 Å². The van der Waals surface area contributed by atoms with E-state index in [1.165, 1.54) is 11.3 Å². The van der Waals surface area contributed by atoms with Crippen LogP contribution in [0, 0.1) is 5.92 Å². The molecule has 1 aromatic rings. The lowest BCUT2D eigenvalue weighted by atomic mass is 10.1. The van der Waals surface area contributed by atoms with Crippen molar-refractivity contribution in [3.8, 4) is 0 Å². The van der Waals surface area contributed by atoms with E-state index in [-0.39, 0.29) is 24.3 Å². The number of rotatable bonds is 5. The Kier molecular flexibility index (Phi) is 5.11. The van der Waals surface area contributed by atoms with E-state index in [9.17, 15) is 9.59 Å². The maximum absolute atomic E-state index is 11.5. The average molecular weight is 255 g/mol. The fourth-order valence-electron chi connectivity index (χ4n) is 1.13. The van der Waals surface area contributed by atoms with Gasteiger partial charge in [0.25, 0.3) is 0 Å². The summed E-state index contributed by atoms with van der Waals surface area (Å²) >= 11 is 1.49. The van der Waals surface area contributed by atoms with Crippen LogP contribution in [0.15, 0.2) is 16.8 Å². The van der Waals surface area contributed by atoms with Crippen LogP contribution >= 0.6 is 11.3 Å². The highest BCUT2D eigenvalue weighted by Crippen LogP contribution is 2.11. The van der Waals surface area contributed by atoms with Crippen LogP contribution in [0.4, 0.5) is 5.69 Å². The van der Waals surface area contributed by atoms with Crippen molar-refractivity contribution < 1.29 is 9.59 Å². The van der Waals surface area contributed by atoms with Crippen LogP contribution in [-0.4, -0.2) is 24.4 Å². The Hall–Kier alpha value is -1.40. The molecule has 1 rings (SSSR count). The summed E-state index contributed by atoms with van der Waals surface area (Å²) < 4.78 is 0. The lowest BCUT2D eigenvalue weighted by molar-refractivity contribution is -0.125. The van der Waals surface area contributed by atoms with Crippen molar-refractivity contribution in [3.63, 3.8) is 0 Å². The van der Waals surface area contributed by atoms with E-state index in [4.69, 9.17) is 5.73 Å². The summed E-state index contributed by atoms with van der Waals surface area (Å²) in [6.45, 7) is 3.65. The predicted molar refractivity (Wildman–Crippen MR) is 68.8 cm³/mol. The molecule has 94 valence electrons. The molecule has 5 nitrogen and oxygen atoms in total. The van der Waals surface area contributed by atoms with Crippen molar-refractivity contribution >= 4 is 28.8 Å². The first-order valence-corrected chi connectivity index (χ1v) is 6.30. The summed E-state index contributed by atoms with van der Waals surface area (Å²) in [5, 5.41) is 8.85. The number of nitrogens with two attached hydrogens (primary N) is 1. The zero-order valence-electron chi connectivity index (χ0n) is 9.90. The Labute approximate surface area is 104 Å². The first-order chi connectivity index (χ1) is 8.00. The molecule has 0 aromatic carbocycles. The van der Waals surface area contributed by atoms with Gasteiger partial charge in [0.2, 0.25) is 11.8 Å². The van der Waals surface area contributed by atoms with E-state index in [2.05, 4.69) is 10.6 Å². The molecule has 4 N–H and O–H groups in total. The summed E-state index contributed by atoms with van der Waals surface area (Å²) in [5.74, 6) is -0.511. The summed E-state index contributed by atoms with van der Waals surface area (Å²) in [5.41, 5.74) is 6.38. The normalized spacial score (nSPS) is 12.2. The highest BCUT2D eigenvalue weighted by Gasteiger charge is 2.17. The average Bonchev–Trinajstić information content (AvgIpc) is 2.77. The van der Waals surface area contributed by atoms with E-state index in [0.29, 0.717) is 0 Å². The Morgan fingerprint density at radius 1 is 1.47 bits per heavy atom. The summed E-state index contributed by atoms with van der Waals surface area (Å²) in [6, 6.07) is 1.22. The van der Waals surface area contributed by atoms with Crippen molar-refractivity contribution in [2.45, 2.75) is 19.9 Å². The largest absolute Gasteiger partial charge is 0.346 e. The molecule has 6 heteroatoms. The third kappa shape index (κ3) is 4.54. The van der Waals surface area contributed by atoms with Gasteiger partial charge in [-0.25, -0.2) is 0 Å². The molecular weight excluding hydrogens is 238 g/mol. The quantitative estimate of drug-likeness (QED) is 0.727. The minimum Gasteiger partial charge on any atom is -0.346 e. The van der Waals surface area contributed by atoms with Gasteiger partial charge in [0.15, 0.2) is 0 Å². The zero-order chi connectivity index (χ0) is 12.8. The number of thiophene rings is 1. The van der Waals surface area contributed by atoms with E-state index in [0.717, 1.165) is 5.69 Å². The maximum atomic E-state index is 11.5. The van der Waals surface area contributed by atoms with Crippen LogP contribution in [-0.2, 0) is 9.59 Å². The lowest BCUT2D eigenvalue weighted by Crippen LogP contribution is -2.46. The number of hydrogen-bond donors (Lipinski definition) is 3. The van der Waals surface area contributed by atoms with Gasteiger partial charge in [0, 0.05) is 5.38 Å². The molecule has 0 spiro atoms. The maximum Gasteiger partial charge on any atom is 0.243 e. The molecule has 1 atom stereocenters. The smallest absolute Gasteiger partial charge is 0.243 e. The third-order valence-corrected chi connectivity index (χ3v) is 2.93. The number of anilines is 1. The summed E-state index contributed by atoms with van der Waals surface area (Å²) in [7, 11) is 0. The molecule has 0 fully saturated rings. The Balaban J connectivity index is 2.31. The van der Waals surface area contributed by atoms with E-state index >= 15 is 0 Å². The first-order valence-electron chi connectivity index (χ1n) is 5.36. The van der Waals surface area contributed by atoms with Gasteiger partial charge in [-0.2, -0.15) is 11.3 Å². The highest BCUT2D eigenvalue weighted by molar-refractivity contribution is 7.08. The van der Waals surface area contributed by atoms with Crippen LogP contribution in [0.5, 0.6) is 0 Å². The molecule has 0 radical (unpaired) electrons. The topological polar surface area (TPSA) is 84.2 Å². The highest BCUT2D eigenvalue weighted by atomic mass is 32.1. The van der Waals surface area contributed by atoms with Crippen LogP contribution < -0.4 is 16.4 Å². The van der Waals surface area contributed by atoms with Crippen molar-refractivity contribution in [3.05, 3.63) is 16.8 Å². The van der Waals surface area contributed by atoms with Gasteiger partial charge in [-0.3, -0.25) is 9.59 Å². The number of nitrogens with one attached hydrogen (secondary N) is 2. The molecule has 0 aliphatic carbocycles. The second kappa shape index (κ2) is 6.36. The molecule has 0 saturated heterocycles. The van der Waals surface area contributed by atoms with Gasteiger partial charge in [-0.05, 0) is 17.4 Å². The first kappa shape index (κ1) is 13.7. The van der Waals surface area contributed by atoms with E-state index in [1.807, 2.05) is 24.6 Å².